The number of rotatable bonds is 3. The van der Waals surface area contributed by atoms with Crippen LogP contribution in [0.5, 0.6) is 0 Å². The second-order valence-electron chi connectivity index (χ2n) is 4.25. The first-order valence-corrected chi connectivity index (χ1v) is 6.64. The highest BCUT2D eigenvalue weighted by Crippen LogP contribution is 2.31. The minimum atomic E-state index is -5.02. The van der Waals surface area contributed by atoms with Crippen LogP contribution in [0.1, 0.15) is 19.4 Å². The van der Waals surface area contributed by atoms with Crippen LogP contribution in [0, 0.1) is 10.7 Å². The molecular formula is C11H14F3NOS. The maximum atomic E-state index is 12.5. The van der Waals surface area contributed by atoms with Gasteiger partial charge in [-0.2, -0.15) is 13.2 Å². The summed E-state index contributed by atoms with van der Waals surface area (Å²) in [6.07, 6.45) is 0.598. The third kappa shape index (κ3) is 3.21. The Labute approximate surface area is 98.8 Å². The van der Waals surface area contributed by atoms with E-state index in [2.05, 4.69) is 0 Å². The van der Waals surface area contributed by atoms with Crippen LogP contribution in [0.3, 0.4) is 0 Å². The molecule has 1 aromatic carbocycles. The van der Waals surface area contributed by atoms with Gasteiger partial charge < -0.3 is 0 Å². The van der Waals surface area contributed by atoms with Crippen molar-refractivity contribution in [3.63, 3.8) is 0 Å². The molecule has 0 spiro atoms. The maximum absolute atomic E-state index is 12.5. The van der Waals surface area contributed by atoms with Gasteiger partial charge >= 0.3 is 5.51 Å². The van der Waals surface area contributed by atoms with Gasteiger partial charge in [-0.15, -0.1) is 0 Å². The fourth-order valence-corrected chi connectivity index (χ4v) is 2.31. The third-order valence-electron chi connectivity index (χ3n) is 2.20. The first-order chi connectivity index (χ1) is 7.64. The van der Waals surface area contributed by atoms with Crippen LogP contribution >= 0.6 is 0 Å². The van der Waals surface area contributed by atoms with Crippen molar-refractivity contribution in [2.75, 3.05) is 0 Å². The highest BCUT2D eigenvalue weighted by atomic mass is 32.2. The molecule has 1 N–H and O–H groups in total. The Hall–Kier alpha value is -1.04. The number of benzene rings is 1. The molecule has 0 aliphatic carbocycles. The van der Waals surface area contributed by atoms with E-state index in [9.17, 15) is 17.4 Å². The summed E-state index contributed by atoms with van der Waals surface area (Å²) in [5, 5.41) is 0. The summed E-state index contributed by atoms with van der Waals surface area (Å²) in [5.74, 6) is 0.290. The molecule has 0 radical (unpaired) electrons. The molecule has 1 rings (SSSR count). The lowest BCUT2D eigenvalue weighted by atomic mass is 10.0. The lowest BCUT2D eigenvalue weighted by Crippen LogP contribution is -2.22. The molecule has 17 heavy (non-hydrogen) atoms. The summed E-state index contributed by atoms with van der Waals surface area (Å²) < 4.78 is 55.7. The molecule has 0 bridgehead atoms. The number of halogens is 3. The van der Waals surface area contributed by atoms with Crippen LogP contribution in [0.2, 0.25) is 0 Å². The van der Waals surface area contributed by atoms with Crippen molar-refractivity contribution in [2.24, 2.45) is 5.92 Å². The van der Waals surface area contributed by atoms with E-state index in [1.165, 1.54) is 12.1 Å². The highest BCUT2D eigenvalue weighted by Gasteiger charge is 2.43. The van der Waals surface area contributed by atoms with Gasteiger partial charge in [0.15, 0.2) is 9.73 Å². The zero-order valence-electron chi connectivity index (χ0n) is 9.54. The summed E-state index contributed by atoms with van der Waals surface area (Å²) in [6.45, 7) is 3.88. The summed E-state index contributed by atoms with van der Waals surface area (Å²) in [7, 11) is -4.73. The van der Waals surface area contributed by atoms with E-state index in [1.807, 2.05) is 13.8 Å². The van der Waals surface area contributed by atoms with E-state index < -0.39 is 20.1 Å². The summed E-state index contributed by atoms with van der Waals surface area (Å²) in [5.41, 5.74) is -4.36. The van der Waals surface area contributed by atoms with Crippen LogP contribution in [0.4, 0.5) is 13.2 Å². The smallest absolute Gasteiger partial charge is 0.241 e. The largest absolute Gasteiger partial charge is 0.483 e. The molecule has 0 aromatic heterocycles. The lowest BCUT2D eigenvalue weighted by molar-refractivity contribution is -0.0406. The Balaban J connectivity index is 3.17. The second-order valence-corrected chi connectivity index (χ2v) is 6.29. The Morgan fingerprint density at radius 1 is 1.35 bits per heavy atom. The van der Waals surface area contributed by atoms with Gasteiger partial charge in [0.05, 0.1) is 4.90 Å². The molecule has 96 valence electrons. The minimum Gasteiger partial charge on any atom is -0.241 e. The Bertz CT molecular complexity index is 492. The van der Waals surface area contributed by atoms with Crippen LogP contribution in [-0.2, 0) is 16.1 Å². The predicted octanol–water partition coefficient (Wildman–Crippen LogP) is 3.81. The van der Waals surface area contributed by atoms with Gasteiger partial charge in [0.1, 0.15) is 0 Å². The lowest BCUT2D eigenvalue weighted by Gasteiger charge is -2.12. The van der Waals surface area contributed by atoms with E-state index in [0.717, 1.165) is 6.07 Å². The average molecular weight is 265 g/mol. The Morgan fingerprint density at radius 3 is 2.41 bits per heavy atom. The fourth-order valence-electron chi connectivity index (χ4n) is 1.46. The summed E-state index contributed by atoms with van der Waals surface area (Å²) >= 11 is 0. The van der Waals surface area contributed by atoms with E-state index in [0.29, 0.717) is 12.0 Å². The normalized spacial score (nSPS) is 15.9. The quantitative estimate of drug-likeness (QED) is 0.887. The molecular weight excluding hydrogens is 251 g/mol. The molecule has 0 aliphatic heterocycles. The van der Waals surface area contributed by atoms with Crippen molar-refractivity contribution < 1.29 is 17.4 Å². The van der Waals surface area contributed by atoms with Crippen molar-refractivity contribution >= 4 is 9.73 Å². The third-order valence-corrected chi connectivity index (χ3v) is 3.77. The minimum absolute atomic E-state index is 0.290. The molecule has 0 fully saturated rings. The molecule has 0 saturated heterocycles. The van der Waals surface area contributed by atoms with Gasteiger partial charge in [0, 0.05) is 0 Å². The van der Waals surface area contributed by atoms with E-state index in [1.54, 1.807) is 6.07 Å². The number of hydrogen-bond acceptors (Lipinski definition) is 2. The second kappa shape index (κ2) is 4.68. The molecule has 6 heteroatoms. The van der Waals surface area contributed by atoms with Gasteiger partial charge in [-0.1, -0.05) is 26.0 Å². The summed E-state index contributed by atoms with van der Waals surface area (Å²) in [6, 6.07) is 5.39. The van der Waals surface area contributed by atoms with Crippen molar-refractivity contribution in [2.45, 2.75) is 30.7 Å². The molecule has 2 nitrogen and oxygen atoms in total. The predicted molar refractivity (Wildman–Crippen MR) is 60.2 cm³/mol. The zero-order chi connectivity index (χ0) is 13.3. The Morgan fingerprint density at radius 2 is 1.94 bits per heavy atom. The maximum Gasteiger partial charge on any atom is 0.483 e. The Kier molecular flexibility index (Phi) is 3.86. The van der Waals surface area contributed by atoms with Crippen LogP contribution in [0.25, 0.3) is 0 Å². The van der Waals surface area contributed by atoms with Crippen molar-refractivity contribution in [3.05, 3.63) is 29.8 Å². The van der Waals surface area contributed by atoms with E-state index >= 15 is 0 Å². The van der Waals surface area contributed by atoms with Gasteiger partial charge in [-0.25, -0.2) is 8.99 Å². The molecule has 1 aromatic rings. The van der Waals surface area contributed by atoms with Gasteiger partial charge in [-0.05, 0) is 30.0 Å². The molecule has 1 unspecified atom stereocenters. The van der Waals surface area contributed by atoms with Crippen LogP contribution in [0.15, 0.2) is 29.2 Å². The fraction of sp³-hybridized carbons (Fsp3) is 0.455. The molecule has 0 amide bonds. The summed E-state index contributed by atoms with van der Waals surface area (Å²) in [4.78, 5) is -0.469. The van der Waals surface area contributed by atoms with E-state index in [-0.39, 0.29) is 5.92 Å². The van der Waals surface area contributed by atoms with Gasteiger partial charge in [0.25, 0.3) is 0 Å². The van der Waals surface area contributed by atoms with Crippen LogP contribution < -0.4 is 0 Å². The average Bonchev–Trinajstić information content (AvgIpc) is 2.15. The van der Waals surface area contributed by atoms with Gasteiger partial charge in [0.2, 0.25) is 0 Å². The molecule has 1 atom stereocenters. The molecule has 0 aliphatic rings. The monoisotopic (exact) mass is 265 g/mol. The van der Waals surface area contributed by atoms with E-state index in [4.69, 9.17) is 4.78 Å². The first kappa shape index (κ1) is 14.0. The van der Waals surface area contributed by atoms with Gasteiger partial charge in [-0.3, -0.25) is 0 Å². The first-order valence-electron chi connectivity index (χ1n) is 5.08. The van der Waals surface area contributed by atoms with Crippen molar-refractivity contribution in [3.8, 4) is 0 Å². The number of nitrogens with one attached hydrogen (secondary N) is 1. The van der Waals surface area contributed by atoms with Crippen LogP contribution in [-0.4, -0.2) is 9.72 Å². The van der Waals surface area contributed by atoms with Crippen molar-refractivity contribution in [1.82, 2.24) is 0 Å². The standard InChI is InChI=1S/C11H14F3NOS/c1-8(2)6-9-4-3-5-10(7-9)17(15,16)11(12,13)14/h3-5,7-8,15H,6H2,1-2H3. The number of hydrogen-bond donors (Lipinski definition) is 1. The topological polar surface area (TPSA) is 40.9 Å². The zero-order valence-corrected chi connectivity index (χ0v) is 10.4. The molecule has 0 heterocycles. The SMILES string of the molecule is CC(C)Cc1cccc(S(=N)(=O)C(F)(F)F)c1. The number of alkyl halides is 3. The van der Waals surface area contributed by atoms with Crippen molar-refractivity contribution in [1.29, 1.82) is 4.78 Å². The molecule has 0 saturated carbocycles. The highest BCUT2D eigenvalue weighted by molar-refractivity contribution is 7.93.